The number of rotatable bonds is 6. The average molecular weight is 354 g/mol. The number of anilines is 2. The molecule has 6 nitrogen and oxygen atoms in total. The molecule has 2 N–H and O–H groups in total. The molecule has 1 aromatic heterocycles. The molecule has 1 heterocycles. The predicted octanol–water partition coefficient (Wildman–Crippen LogP) is 4.11. The van der Waals surface area contributed by atoms with Gasteiger partial charge in [-0.15, -0.1) is 0 Å². The number of nitrogens with one attached hydrogen (secondary N) is 2. The lowest BCUT2D eigenvalue weighted by Gasteiger charge is -2.07. The second-order valence-corrected chi connectivity index (χ2v) is 5.53. The van der Waals surface area contributed by atoms with Gasteiger partial charge in [-0.1, -0.05) is 18.2 Å². The summed E-state index contributed by atoms with van der Waals surface area (Å²) in [5.74, 6) is 0.834. The molecule has 134 valence electrons. The van der Waals surface area contributed by atoms with E-state index in [-0.39, 0.29) is 12.4 Å². The molecule has 0 unspecified atom stereocenters. The standard InChI is InChI=1S/C19H19FN4O2/c1-2-26-16-9-7-15(8-10-16)21-19(25)22-18-11-12-24(23-18)13-14-5-3-4-6-17(14)20/h3-12H,2,13H2,1H3,(H2,21,22,23,25). The lowest BCUT2D eigenvalue weighted by molar-refractivity contribution is 0.262. The van der Waals surface area contributed by atoms with Gasteiger partial charge in [-0.25, -0.2) is 9.18 Å². The number of urea groups is 1. The van der Waals surface area contributed by atoms with Crippen LogP contribution in [0, 0.1) is 5.82 Å². The van der Waals surface area contributed by atoms with Crippen LogP contribution in [0.15, 0.2) is 60.8 Å². The summed E-state index contributed by atoms with van der Waals surface area (Å²) in [4.78, 5) is 12.1. The van der Waals surface area contributed by atoms with Crippen molar-refractivity contribution in [2.75, 3.05) is 17.2 Å². The van der Waals surface area contributed by atoms with Crippen LogP contribution in [-0.4, -0.2) is 22.4 Å². The molecular weight excluding hydrogens is 335 g/mol. The maximum Gasteiger partial charge on any atom is 0.324 e. The van der Waals surface area contributed by atoms with Crippen molar-refractivity contribution in [2.24, 2.45) is 0 Å². The second-order valence-electron chi connectivity index (χ2n) is 5.53. The molecule has 0 spiro atoms. The Bertz CT molecular complexity index is 877. The first-order valence-electron chi connectivity index (χ1n) is 8.22. The average Bonchev–Trinajstić information content (AvgIpc) is 3.06. The number of ether oxygens (including phenoxy) is 1. The largest absolute Gasteiger partial charge is 0.494 e. The predicted molar refractivity (Wildman–Crippen MR) is 98.0 cm³/mol. The Balaban J connectivity index is 1.56. The first-order valence-corrected chi connectivity index (χ1v) is 8.22. The molecule has 0 bridgehead atoms. The summed E-state index contributed by atoms with van der Waals surface area (Å²) in [6.45, 7) is 2.78. The van der Waals surface area contributed by atoms with Gasteiger partial charge in [0.15, 0.2) is 5.82 Å². The molecule has 0 aliphatic rings. The zero-order valence-electron chi connectivity index (χ0n) is 14.3. The van der Waals surface area contributed by atoms with Crippen LogP contribution in [-0.2, 0) is 6.54 Å². The van der Waals surface area contributed by atoms with Crippen molar-refractivity contribution in [1.29, 1.82) is 0 Å². The number of carbonyl (C=O) groups is 1. The molecule has 3 aromatic rings. The minimum absolute atomic E-state index is 0.286. The Hall–Kier alpha value is -3.35. The Labute approximate surface area is 150 Å². The lowest BCUT2D eigenvalue weighted by atomic mass is 10.2. The smallest absolute Gasteiger partial charge is 0.324 e. The minimum Gasteiger partial charge on any atom is -0.494 e. The normalized spacial score (nSPS) is 10.4. The molecule has 0 saturated heterocycles. The van der Waals surface area contributed by atoms with Crippen molar-refractivity contribution in [1.82, 2.24) is 9.78 Å². The number of aromatic nitrogens is 2. The second kappa shape index (κ2) is 8.15. The SMILES string of the molecule is CCOc1ccc(NC(=O)Nc2ccn(Cc3ccccc3F)n2)cc1. The molecule has 0 aliphatic heterocycles. The number of halogens is 1. The van der Waals surface area contributed by atoms with Crippen LogP contribution in [0.25, 0.3) is 0 Å². The van der Waals surface area contributed by atoms with Crippen molar-refractivity contribution in [3.8, 4) is 5.75 Å². The van der Waals surface area contributed by atoms with Crippen LogP contribution < -0.4 is 15.4 Å². The third-order valence-corrected chi connectivity index (χ3v) is 3.60. The van der Waals surface area contributed by atoms with Gasteiger partial charge in [0.1, 0.15) is 11.6 Å². The fourth-order valence-corrected chi connectivity index (χ4v) is 2.40. The first-order chi connectivity index (χ1) is 12.6. The van der Waals surface area contributed by atoms with Gasteiger partial charge < -0.3 is 10.1 Å². The van der Waals surface area contributed by atoms with Gasteiger partial charge in [-0.3, -0.25) is 10.00 Å². The topological polar surface area (TPSA) is 68.2 Å². The Morgan fingerprint density at radius 1 is 1.12 bits per heavy atom. The fourth-order valence-electron chi connectivity index (χ4n) is 2.40. The zero-order chi connectivity index (χ0) is 18.4. The van der Waals surface area contributed by atoms with Crippen LogP contribution in [0.4, 0.5) is 20.7 Å². The third kappa shape index (κ3) is 4.60. The van der Waals surface area contributed by atoms with Gasteiger partial charge in [0.25, 0.3) is 0 Å². The summed E-state index contributed by atoms with van der Waals surface area (Å²) in [7, 11) is 0. The van der Waals surface area contributed by atoms with E-state index in [2.05, 4.69) is 15.7 Å². The highest BCUT2D eigenvalue weighted by Gasteiger charge is 2.07. The van der Waals surface area contributed by atoms with Crippen molar-refractivity contribution in [3.63, 3.8) is 0 Å². The maximum atomic E-state index is 13.7. The Kier molecular flexibility index (Phi) is 5.48. The van der Waals surface area contributed by atoms with Gasteiger partial charge in [0, 0.05) is 23.5 Å². The van der Waals surface area contributed by atoms with Crippen LogP contribution in [0.3, 0.4) is 0 Å². The summed E-state index contributed by atoms with van der Waals surface area (Å²) < 4.78 is 20.6. The minimum atomic E-state index is -0.412. The van der Waals surface area contributed by atoms with Gasteiger partial charge in [0.2, 0.25) is 0 Å². The van der Waals surface area contributed by atoms with E-state index < -0.39 is 6.03 Å². The number of amides is 2. The molecule has 3 rings (SSSR count). The highest BCUT2D eigenvalue weighted by molar-refractivity contribution is 5.99. The summed E-state index contributed by atoms with van der Waals surface area (Å²) in [6, 6.07) is 14.8. The highest BCUT2D eigenvalue weighted by atomic mass is 19.1. The molecule has 0 radical (unpaired) electrons. The van der Waals surface area contributed by atoms with E-state index in [1.54, 1.807) is 59.4 Å². The zero-order valence-corrected chi connectivity index (χ0v) is 14.3. The van der Waals surface area contributed by atoms with E-state index in [0.717, 1.165) is 5.75 Å². The van der Waals surface area contributed by atoms with Crippen molar-refractivity contribution in [2.45, 2.75) is 13.5 Å². The molecule has 2 amide bonds. The van der Waals surface area contributed by atoms with Crippen molar-refractivity contribution >= 4 is 17.5 Å². The molecular formula is C19H19FN4O2. The summed E-state index contributed by atoms with van der Waals surface area (Å²) >= 11 is 0. The number of carbonyl (C=O) groups excluding carboxylic acids is 1. The Morgan fingerprint density at radius 2 is 1.88 bits per heavy atom. The quantitative estimate of drug-likeness (QED) is 0.700. The molecule has 2 aromatic carbocycles. The lowest BCUT2D eigenvalue weighted by Crippen LogP contribution is -2.19. The van der Waals surface area contributed by atoms with E-state index in [1.165, 1.54) is 6.07 Å². The molecule has 0 saturated carbocycles. The number of benzene rings is 2. The monoisotopic (exact) mass is 354 g/mol. The maximum absolute atomic E-state index is 13.7. The highest BCUT2D eigenvalue weighted by Crippen LogP contribution is 2.16. The van der Waals surface area contributed by atoms with Crippen LogP contribution >= 0.6 is 0 Å². The fraction of sp³-hybridized carbons (Fsp3) is 0.158. The van der Waals surface area contributed by atoms with E-state index in [4.69, 9.17) is 4.74 Å². The van der Waals surface area contributed by atoms with E-state index >= 15 is 0 Å². The van der Waals surface area contributed by atoms with E-state index in [1.807, 2.05) is 6.92 Å². The first kappa shape index (κ1) is 17.5. The summed E-state index contributed by atoms with van der Waals surface area (Å²) in [5, 5.41) is 9.58. The third-order valence-electron chi connectivity index (χ3n) is 3.60. The van der Waals surface area contributed by atoms with Gasteiger partial charge >= 0.3 is 6.03 Å². The number of nitrogens with zero attached hydrogens (tertiary/aromatic N) is 2. The molecule has 0 fully saturated rings. The molecule has 26 heavy (non-hydrogen) atoms. The van der Waals surface area contributed by atoms with Crippen LogP contribution in [0.2, 0.25) is 0 Å². The van der Waals surface area contributed by atoms with Gasteiger partial charge in [-0.05, 0) is 37.3 Å². The summed E-state index contributed by atoms with van der Waals surface area (Å²) in [6.07, 6.45) is 1.68. The van der Waals surface area contributed by atoms with Crippen LogP contribution in [0.1, 0.15) is 12.5 Å². The van der Waals surface area contributed by atoms with Gasteiger partial charge in [0.05, 0.1) is 13.2 Å². The van der Waals surface area contributed by atoms with E-state index in [0.29, 0.717) is 23.7 Å². The molecule has 0 atom stereocenters. The molecule has 7 heteroatoms. The molecule has 0 aliphatic carbocycles. The van der Waals surface area contributed by atoms with Gasteiger partial charge in [-0.2, -0.15) is 5.10 Å². The number of hydrogen-bond donors (Lipinski definition) is 2. The van der Waals surface area contributed by atoms with E-state index in [9.17, 15) is 9.18 Å². The Morgan fingerprint density at radius 3 is 2.62 bits per heavy atom. The number of hydrogen-bond acceptors (Lipinski definition) is 3. The van der Waals surface area contributed by atoms with Crippen LogP contribution in [0.5, 0.6) is 5.75 Å². The summed E-state index contributed by atoms with van der Waals surface area (Å²) in [5.41, 5.74) is 1.16. The van der Waals surface area contributed by atoms with Crippen molar-refractivity contribution < 1.29 is 13.9 Å². The van der Waals surface area contributed by atoms with Crippen molar-refractivity contribution in [3.05, 3.63) is 72.2 Å².